The maximum Gasteiger partial charge on any atom is 0.262 e. The van der Waals surface area contributed by atoms with E-state index in [-0.39, 0.29) is 11.6 Å². The normalized spacial score (nSPS) is 11.5. The van der Waals surface area contributed by atoms with Gasteiger partial charge in [0.1, 0.15) is 16.8 Å². The average Bonchev–Trinajstić information content (AvgIpc) is 2.80. The summed E-state index contributed by atoms with van der Waals surface area (Å²) in [6, 6.07) is 9.27. The van der Waals surface area contributed by atoms with Crippen LogP contribution < -0.4 is 5.32 Å². The van der Waals surface area contributed by atoms with Gasteiger partial charge in [0.15, 0.2) is 0 Å². The molecular weight excluding hydrogens is 359 g/mol. The lowest BCUT2D eigenvalue weighted by Gasteiger charge is -2.07. The molecule has 0 aliphatic carbocycles. The molecule has 0 saturated carbocycles. The fourth-order valence-electron chi connectivity index (χ4n) is 2.26. The first-order chi connectivity index (χ1) is 11.8. The van der Waals surface area contributed by atoms with Gasteiger partial charge >= 0.3 is 0 Å². The number of aromatic nitrogens is 2. The number of hydrogen-bond donors (Lipinski definition) is 1. The summed E-state index contributed by atoms with van der Waals surface area (Å²) in [5, 5.41) is 17.3. The Labute approximate surface area is 156 Å². The number of carbonyl (C=O) groups excluding carboxylic acids is 1. The molecule has 0 bridgehead atoms. The van der Waals surface area contributed by atoms with Crippen molar-refractivity contribution in [1.29, 1.82) is 5.26 Å². The molecule has 2 rings (SSSR count). The highest BCUT2D eigenvalue weighted by Crippen LogP contribution is 2.25. The van der Waals surface area contributed by atoms with Crippen LogP contribution in [0.2, 0.25) is 10.2 Å². The molecule has 0 fully saturated rings. The fraction of sp³-hybridized carbons (Fsp3) is 0.278. The molecule has 2 aromatic rings. The summed E-state index contributed by atoms with van der Waals surface area (Å²) in [6.45, 7) is 5.82. The van der Waals surface area contributed by atoms with Crippen LogP contribution in [0.15, 0.2) is 29.8 Å². The van der Waals surface area contributed by atoms with Gasteiger partial charge in [-0.15, -0.1) is 0 Å². The number of benzene rings is 1. The molecule has 1 N–H and O–H groups in total. The van der Waals surface area contributed by atoms with E-state index in [9.17, 15) is 10.1 Å². The third-order valence-electron chi connectivity index (χ3n) is 3.46. The van der Waals surface area contributed by atoms with Crippen molar-refractivity contribution in [1.82, 2.24) is 15.1 Å². The standard InChI is InChI=1S/C18H18Cl2N4O/c1-11(2)22-18(25)14(9-21)8-15-12(3)23-24(17(15)20)10-13-6-4-5-7-16(13)19/h4-8,11H,10H2,1-3H3,(H,22,25). The van der Waals surface area contributed by atoms with Gasteiger partial charge in [-0.2, -0.15) is 10.4 Å². The monoisotopic (exact) mass is 376 g/mol. The van der Waals surface area contributed by atoms with Crippen molar-refractivity contribution >= 4 is 35.2 Å². The first-order valence-corrected chi connectivity index (χ1v) is 8.48. The molecule has 25 heavy (non-hydrogen) atoms. The molecule has 0 atom stereocenters. The maximum absolute atomic E-state index is 12.1. The van der Waals surface area contributed by atoms with Gasteiger partial charge in [0.05, 0.1) is 12.2 Å². The van der Waals surface area contributed by atoms with Crippen molar-refractivity contribution in [2.45, 2.75) is 33.4 Å². The Morgan fingerprint density at radius 2 is 2.08 bits per heavy atom. The van der Waals surface area contributed by atoms with Gasteiger partial charge in [-0.3, -0.25) is 4.79 Å². The summed E-state index contributed by atoms with van der Waals surface area (Å²) in [7, 11) is 0. The molecule has 0 unspecified atom stereocenters. The van der Waals surface area contributed by atoms with E-state index in [1.807, 2.05) is 38.1 Å². The van der Waals surface area contributed by atoms with Crippen LogP contribution in [-0.4, -0.2) is 21.7 Å². The summed E-state index contributed by atoms with van der Waals surface area (Å²) in [4.78, 5) is 12.1. The second kappa shape index (κ2) is 8.19. The largest absolute Gasteiger partial charge is 0.349 e. The van der Waals surface area contributed by atoms with Crippen molar-refractivity contribution < 1.29 is 4.79 Å². The Morgan fingerprint density at radius 3 is 2.68 bits per heavy atom. The van der Waals surface area contributed by atoms with Gasteiger partial charge in [-0.05, 0) is 38.5 Å². The summed E-state index contributed by atoms with van der Waals surface area (Å²) in [5.41, 5.74) is 2.03. The van der Waals surface area contributed by atoms with Gasteiger partial charge in [-0.25, -0.2) is 4.68 Å². The molecule has 1 amide bonds. The van der Waals surface area contributed by atoms with Crippen LogP contribution in [-0.2, 0) is 11.3 Å². The highest BCUT2D eigenvalue weighted by molar-refractivity contribution is 6.32. The number of nitrogens with zero attached hydrogens (tertiary/aromatic N) is 3. The van der Waals surface area contributed by atoms with Crippen molar-refractivity contribution in [2.24, 2.45) is 0 Å². The Bertz CT molecular complexity index is 862. The van der Waals surface area contributed by atoms with Crippen LogP contribution >= 0.6 is 23.2 Å². The molecule has 0 radical (unpaired) electrons. The minimum atomic E-state index is -0.438. The third kappa shape index (κ3) is 4.62. The Kier molecular flexibility index (Phi) is 6.24. The van der Waals surface area contributed by atoms with Crippen molar-refractivity contribution in [3.8, 4) is 6.07 Å². The number of aryl methyl sites for hydroxylation is 1. The predicted molar refractivity (Wildman–Crippen MR) is 99.4 cm³/mol. The minimum absolute atomic E-state index is 0.0176. The minimum Gasteiger partial charge on any atom is -0.349 e. The molecule has 1 heterocycles. The van der Waals surface area contributed by atoms with E-state index in [4.69, 9.17) is 23.2 Å². The van der Waals surface area contributed by atoms with E-state index < -0.39 is 5.91 Å². The number of nitriles is 1. The van der Waals surface area contributed by atoms with Crippen LogP contribution in [0.25, 0.3) is 6.08 Å². The highest BCUT2D eigenvalue weighted by atomic mass is 35.5. The SMILES string of the molecule is Cc1nn(Cc2ccccc2Cl)c(Cl)c1C=C(C#N)C(=O)NC(C)C. The zero-order chi connectivity index (χ0) is 18.6. The molecule has 0 saturated heterocycles. The smallest absolute Gasteiger partial charge is 0.262 e. The average molecular weight is 377 g/mol. The second-order valence-corrected chi connectivity index (χ2v) is 6.60. The van der Waals surface area contributed by atoms with E-state index in [0.29, 0.717) is 28.0 Å². The zero-order valence-electron chi connectivity index (χ0n) is 14.2. The van der Waals surface area contributed by atoms with Crippen LogP contribution in [0.3, 0.4) is 0 Å². The first kappa shape index (κ1) is 19.0. The quantitative estimate of drug-likeness (QED) is 0.633. The molecular formula is C18H18Cl2N4O. The molecule has 0 aliphatic rings. The Balaban J connectivity index is 2.36. The number of nitrogens with one attached hydrogen (secondary N) is 1. The Morgan fingerprint density at radius 1 is 1.40 bits per heavy atom. The fourth-order valence-corrected chi connectivity index (χ4v) is 2.74. The summed E-state index contributed by atoms with van der Waals surface area (Å²) < 4.78 is 1.60. The zero-order valence-corrected chi connectivity index (χ0v) is 15.7. The molecule has 7 heteroatoms. The van der Waals surface area contributed by atoms with E-state index in [1.54, 1.807) is 17.7 Å². The Hall–Kier alpha value is -2.29. The lowest BCUT2D eigenvalue weighted by molar-refractivity contribution is -0.117. The van der Waals surface area contributed by atoms with Crippen molar-refractivity contribution in [2.75, 3.05) is 0 Å². The predicted octanol–water partition coefficient (Wildman–Crippen LogP) is 3.98. The number of rotatable bonds is 5. The van der Waals surface area contributed by atoms with Crippen LogP contribution in [0.1, 0.15) is 30.7 Å². The lowest BCUT2D eigenvalue weighted by atomic mass is 10.1. The van der Waals surface area contributed by atoms with Gasteiger partial charge < -0.3 is 5.32 Å². The molecule has 5 nitrogen and oxygen atoms in total. The summed E-state index contributed by atoms with van der Waals surface area (Å²) in [6.07, 6.45) is 1.46. The van der Waals surface area contributed by atoms with Gasteiger partial charge in [0.25, 0.3) is 5.91 Å². The third-order valence-corrected chi connectivity index (χ3v) is 4.23. The van der Waals surface area contributed by atoms with Gasteiger partial charge in [0, 0.05) is 16.6 Å². The number of carbonyl (C=O) groups is 1. The van der Waals surface area contributed by atoms with Gasteiger partial charge in [0.2, 0.25) is 0 Å². The van der Waals surface area contributed by atoms with E-state index >= 15 is 0 Å². The second-order valence-electron chi connectivity index (χ2n) is 5.84. The van der Waals surface area contributed by atoms with E-state index in [2.05, 4.69) is 10.4 Å². The summed E-state index contributed by atoms with van der Waals surface area (Å²) >= 11 is 12.6. The lowest BCUT2D eigenvalue weighted by Crippen LogP contribution is -2.30. The van der Waals surface area contributed by atoms with Gasteiger partial charge in [-0.1, -0.05) is 41.4 Å². The topological polar surface area (TPSA) is 70.7 Å². The van der Waals surface area contributed by atoms with E-state index in [1.165, 1.54) is 6.08 Å². The van der Waals surface area contributed by atoms with Crippen molar-refractivity contribution in [3.05, 3.63) is 56.8 Å². The number of halogens is 2. The molecule has 0 spiro atoms. The first-order valence-electron chi connectivity index (χ1n) is 7.72. The number of amides is 1. The molecule has 1 aromatic carbocycles. The summed E-state index contributed by atoms with van der Waals surface area (Å²) in [5.74, 6) is -0.438. The van der Waals surface area contributed by atoms with Crippen LogP contribution in [0.5, 0.6) is 0 Å². The van der Waals surface area contributed by atoms with Crippen LogP contribution in [0, 0.1) is 18.3 Å². The molecule has 0 aliphatic heterocycles. The maximum atomic E-state index is 12.1. The van der Waals surface area contributed by atoms with Crippen LogP contribution in [0.4, 0.5) is 0 Å². The highest BCUT2D eigenvalue weighted by Gasteiger charge is 2.16. The molecule has 130 valence electrons. The van der Waals surface area contributed by atoms with E-state index in [0.717, 1.165) is 5.56 Å². The number of hydrogen-bond acceptors (Lipinski definition) is 3. The van der Waals surface area contributed by atoms with Crippen molar-refractivity contribution in [3.63, 3.8) is 0 Å². The molecule has 1 aromatic heterocycles.